The second kappa shape index (κ2) is 7.96. The Bertz CT molecular complexity index is 834. The van der Waals surface area contributed by atoms with Gasteiger partial charge in [-0.3, -0.25) is 24.1 Å². The van der Waals surface area contributed by atoms with Crippen LogP contribution in [0.4, 0.5) is 5.69 Å². The van der Waals surface area contributed by atoms with Gasteiger partial charge in [-0.1, -0.05) is 29.8 Å². The highest BCUT2D eigenvalue weighted by atomic mass is 16.5. The highest BCUT2D eigenvalue weighted by Gasteiger charge is 2.47. The van der Waals surface area contributed by atoms with E-state index in [4.69, 9.17) is 4.74 Å². The van der Waals surface area contributed by atoms with Gasteiger partial charge in [0.25, 0.3) is 5.91 Å². The molecule has 1 aliphatic heterocycles. The molecule has 1 fully saturated rings. The predicted octanol–water partition coefficient (Wildman–Crippen LogP) is 2.12. The van der Waals surface area contributed by atoms with E-state index in [1.165, 1.54) is 6.92 Å². The van der Waals surface area contributed by atoms with Crippen molar-refractivity contribution >= 4 is 29.4 Å². The molecule has 0 saturated carbocycles. The quantitative estimate of drug-likeness (QED) is 0.477. The molecule has 3 atom stereocenters. The number of carbonyl (C=O) groups is 4. The van der Waals surface area contributed by atoms with E-state index in [2.05, 4.69) is 5.32 Å². The van der Waals surface area contributed by atoms with Crippen LogP contribution in [-0.2, 0) is 23.9 Å². The van der Waals surface area contributed by atoms with Crippen LogP contribution >= 0.6 is 0 Å². The van der Waals surface area contributed by atoms with Gasteiger partial charge in [0.1, 0.15) is 6.54 Å². The first-order valence-electron chi connectivity index (χ1n) is 9.35. The number of imide groups is 1. The second-order valence-corrected chi connectivity index (χ2v) is 7.36. The van der Waals surface area contributed by atoms with E-state index < -0.39 is 36.4 Å². The van der Waals surface area contributed by atoms with Crippen LogP contribution in [0.3, 0.4) is 0 Å². The van der Waals surface area contributed by atoms with E-state index in [1.54, 1.807) is 6.07 Å². The number of anilines is 1. The molecule has 0 aromatic heterocycles. The zero-order chi connectivity index (χ0) is 20.4. The molecule has 1 N–H and O–H groups in total. The van der Waals surface area contributed by atoms with Gasteiger partial charge in [0.2, 0.25) is 11.8 Å². The Balaban J connectivity index is 1.56. The summed E-state index contributed by atoms with van der Waals surface area (Å²) in [5, 5.41) is 2.72. The monoisotopic (exact) mass is 384 g/mol. The number of likely N-dealkylation sites (tertiary alicyclic amines) is 1. The molecular weight excluding hydrogens is 360 g/mol. The fraction of sp³-hybridized carbons (Fsp3) is 0.429. The Kier molecular flexibility index (Phi) is 5.63. The third-order valence-electron chi connectivity index (χ3n) is 5.20. The molecule has 7 heteroatoms. The van der Waals surface area contributed by atoms with Crippen molar-refractivity contribution in [2.75, 3.05) is 11.9 Å². The molecule has 148 valence electrons. The molecule has 0 radical (unpaired) electrons. The molecule has 3 rings (SSSR count). The highest BCUT2D eigenvalue weighted by Crippen LogP contribution is 2.34. The standard InChI is InChI=1S/C21H24N2O5/c1-12-8-9-17(13(2)10-12)22-19(25)14(3)28-18(24)11-23-20(26)15-6-4-5-7-16(15)21(23)27/h4-5,8-10,14-16H,6-7,11H2,1-3H3,(H,22,25)/t14-,15-,16+/m0/s1. The molecule has 7 nitrogen and oxygen atoms in total. The van der Waals surface area contributed by atoms with Crippen LogP contribution in [0.1, 0.15) is 30.9 Å². The van der Waals surface area contributed by atoms with E-state index in [1.807, 2.05) is 38.1 Å². The normalized spacial score (nSPS) is 22.0. The number of ether oxygens (including phenoxy) is 1. The van der Waals surface area contributed by atoms with Crippen molar-refractivity contribution in [3.8, 4) is 0 Å². The van der Waals surface area contributed by atoms with E-state index in [0.29, 0.717) is 18.5 Å². The zero-order valence-electron chi connectivity index (χ0n) is 16.2. The van der Waals surface area contributed by atoms with Crippen LogP contribution in [0.2, 0.25) is 0 Å². The van der Waals surface area contributed by atoms with Crippen molar-refractivity contribution in [3.63, 3.8) is 0 Å². The summed E-state index contributed by atoms with van der Waals surface area (Å²) in [6.45, 7) is 4.81. The number of fused-ring (bicyclic) bond motifs is 1. The third-order valence-corrected chi connectivity index (χ3v) is 5.20. The molecular formula is C21H24N2O5. The number of allylic oxidation sites excluding steroid dienone is 2. The van der Waals surface area contributed by atoms with E-state index >= 15 is 0 Å². The van der Waals surface area contributed by atoms with Crippen LogP contribution in [0.25, 0.3) is 0 Å². The van der Waals surface area contributed by atoms with Crippen molar-refractivity contribution < 1.29 is 23.9 Å². The number of nitrogens with zero attached hydrogens (tertiary/aromatic N) is 1. The average molecular weight is 384 g/mol. The highest BCUT2D eigenvalue weighted by molar-refractivity contribution is 6.07. The van der Waals surface area contributed by atoms with Gasteiger partial charge in [-0.05, 0) is 45.2 Å². The molecule has 1 aromatic rings. The minimum absolute atomic E-state index is 0.344. The lowest BCUT2D eigenvalue weighted by molar-refractivity contribution is -0.158. The van der Waals surface area contributed by atoms with Crippen LogP contribution in [0.5, 0.6) is 0 Å². The lowest BCUT2D eigenvalue weighted by Crippen LogP contribution is -2.39. The van der Waals surface area contributed by atoms with E-state index in [-0.39, 0.29) is 11.8 Å². The summed E-state index contributed by atoms with van der Waals surface area (Å²) in [7, 11) is 0. The van der Waals surface area contributed by atoms with Crippen molar-refractivity contribution in [3.05, 3.63) is 41.5 Å². The summed E-state index contributed by atoms with van der Waals surface area (Å²) >= 11 is 0. The molecule has 1 aliphatic carbocycles. The molecule has 1 aromatic carbocycles. The molecule has 1 heterocycles. The van der Waals surface area contributed by atoms with Crippen LogP contribution < -0.4 is 5.32 Å². The average Bonchev–Trinajstić information content (AvgIpc) is 2.89. The number of benzene rings is 1. The van der Waals surface area contributed by atoms with Crippen molar-refractivity contribution in [1.82, 2.24) is 4.90 Å². The van der Waals surface area contributed by atoms with Gasteiger partial charge in [0, 0.05) is 5.69 Å². The fourth-order valence-electron chi connectivity index (χ4n) is 3.63. The first kappa shape index (κ1) is 19.8. The van der Waals surface area contributed by atoms with Crippen molar-refractivity contribution in [2.45, 2.75) is 39.7 Å². The molecule has 2 aliphatic rings. The van der Waals surface area contributed by atoms with Crippen LogP contribution in [0, 0.1) is 25.7 Å². The second-order valence-electron chi connectivity index (χ2n) is 7.36. The van der Waals surface area contributed by atoms with Gasteiger partial charge < -0.3 is 10.1 Å². The van der Waals surface area contributed by atoms with Crippen molar-refractivity contribution in [2.24, 2.45) is 11.8 Å². The lowest BCUT2D eigenvalue weighted by atomic mass is 9.85. The van der Waals surface area contributed by atoms with E-state index in [9.17, 15) is 19.2 Å². The van der Waals surface area contributed by atoms with Gasteiger partial charge >= 0.3 is 5.97 Å². The number of rotatable bonds is 5. The first-order chi connectivity index (χ1) is 13.3. The number of esters is 1. The number of hydrogen-bond acceptors (Lipinski definition) is 5. The maximum atomic E-state index is 12.4. The number of carbonyl (C=O) groups excluding carboxylic acids is 4. The maximum Gasteiger partial charge on any atom is 0.326 e. The summed E-state index contributed by atoms with van der Waals surface area (Å²) in [6.07, 6.45) is 3.73. The van der Waals surface area contributed by atoms with Crippen LogP contribution in [-0.4, -0.2) is 41.2 Å². The minimum atomic E-state index is -1.05. The van der Waals surface area contributed by atoms with Crippen molar-refractivity contribution in [1.29, 1.82) is 0 Å². The molecule has 28 heavy (non-hydrogen) atoms. The van der Waals surface area contributed by atoms with E-state index in [0.717, 1.165) is 16.0 Å². The third kappa shape index (κ3) is 3.98. The molecule has 0 bridgehead atoms. The topological polar surface area (TPSA) is 92.8 Å². The maximum absolute atomic E-state index is 12.4. The SMILES string of the molecule is Cc1ccc(NC(=O)[C@H](C)OC(=O)CN2C(=O)[C@H]3CC=CC[C@H]3C2=O)c(C)c1. The fourth-order valence-corrected chi connectivity index (χ4v) is 3.63. The molecule has 3 amide bonds. The van der Waals surface area contributed by atoms with Gasteiger partial charge in [0.05, 0.1) is 11.8 Å². The number of amides is 3. The number of hydrogen-bond donors (Lipinski definition) is 1. The lowest BCUT2D eigenvalue weighted by Gasteiger charge is -2.17. The summed E-state index contributed by atoms with van der Waals surface area (Å²) in [6, 6.07) is 5.60. The Morgan fingerprint density at radius 3 is 2.32 bits per heavy atom. The molecule has 0 unspecified atom stereocenters. The Morgan fingerprint density at radius 2 is 1.75 bits per heavy atom. The molecule has 0 spiro atoms. The van der Waals surface area contributed by atoms with Gasteiger partial charge in [-0.2, -0.15) is 0 Å². The summed E-state index contributed by atoms with van der Waals surface area (Å²) < 4.78 is 5.15. The Labute approximate surface area is 163 Å². The summed E-state index contributed by atoms with van der Waals surface area (Å²) in [5.41, 5.74) is 2.61. The smallest absolute Gasteiger partial charge is 0.326 e. The predicted molar refractivity (Wildman–Crippen MR) is 102 cm³/mol. The van der Waals surface area contributed by atoms with Gasteiger partial charge in [0.15, 0.2) is 6.10 Å². The summed E-state index contributed by atoms with van der Waals surface area (Å²) in [4.78, 5) is 50.3. The van der Waals surface area contributed by atoms with Crippen LogP contribution in [0.15, 0.2) is 30.4 Å². The number of nitrogens with one attached hydrogen (secondary N) is 1. The van der Waals surface area contributed by atoms with Gasteiger partial charge in [-0.15, -0.1) is 0 Å². The Morgan fingerprint density at radius 1 is 1.14 bits per heavy atom. The zero-order valence-corrected chi connectivity index (χ0v) is 16.2. The molecule has 1 saturated heterocycles. The number of aryl methyl sites for hydroxylation is 2. The largest absolute Gasteiger partial charge is 0.451 e. The Hall–Kier alpha value is -2.96. The first-order valence-corrected chi connectivity index (χ1v) is 9.35. The van der Waals surface area contributed by atoms with Gasteiger partial charge in [-0.25, -0.2) is 0 Å². The summed E-state index contributed by atoms with van der Waals surface area (Å²) in [5.74, 6) is -2.73. The minimum Gasteiger partial charge on any atom is -0.451 e.